The first-order valence-corrected chi connectivity index (χ1v) is 7.78. The molecule has 1 aromatic carbocycles. The predicted octanol–water partition coefficient (Wildman–Crippen LogP) is 4.63. The number of hydrogen-bond acceptors (Lipinski definition) is 2. The van der Waals surface area contributed by atoms with Crippen LogP contribution in [-0.4, -0.2) is 13.2 Å². The van der Waals surface area contributed by atoms with Gasteiger partial charge in [-0.05, 0) is 60.6 Å². The lowest BCUT2D eigenvalue weighted by atomic mass is 9.68. The van der Waals surface area contributed by atoms with Gasteiger partial charge in [-0.3, -0.25) is 0 Å². The highest BCUT2D eigenvalue weighted by Crippen LogP contribution is 2.63. The molecule has 110 valence electrons. The van der Waals surface area contributed by atoms with E-state index in [2.05, 4.69) is 51.2 Å². The maximum absolute atomic E-state index is 5.53. The van der Waals surface area contributed by atoms with E-state index < -0.39 is 0 Å². The van der Waals surface area contributed by atoms with E-state index in [4.69, 9.17) is 4.74 Å². The average molecular weight is 273 g/mol. The molecule has 3 unspecified atom stereocenters. The molecule has 2 fully saturated rings. The number of rotatable bonds is 3. The maximum Gasteiger partial charge on any atom is 0.141 e. The maximum atomic E-state index is 5.53. The lowest BCUT2D eigenvalue weighted by Crippen LogP contribution is -2.45. The third-order valence-corrected chi connectivity index (χ3v) is 5.92. The molecule has 0 spiro atoms. The van der Waals surface area contributed by atoms with Crippen molar-refractivity contribution < 1.29 is 4.74 Å². The summed E-state index contributed by atoms with van der Waals surface area (Å²) in [5.41, 5.74) is 3.23. The summed E-state index contributed by atoms with van der Waals surface area (Å²) in [5, 5.41) is 3.84. The summed E-state index contributed by atoms with van der Waals surface area (Å²) in [6.07, 6.45) is 4.12. The quantitative estimate of drug-likeness (QED) is 0.867. The van der Waals surface area contributed by atoms with Gasteiger partial charge < -0.3 is 10.1 Å². The molecule has 2 aliphatic carbocycles. The summed E-state index contributed by atoms with van der Waals surface area (Å²) in [6.45, 7) is 9.46. The third kappa shape index (κ3) is 1.92. The summed E-state index contributed by atoms with van der Waals surface area (Å²) in [7, 11) is 1.75. The largest absolute Gasteiger partial charge is 0.495 e. The van der Waals surface area contributed by atoms with Crippen molar-refractivity contribution in [3.05, 3.63) is 23.8 Å². The number of nitrogens with one attached hydrogen (secondary N) is 1. The van der Waals surface area contributed by atoms with Crippen molar-refractivity contribution in [3.8, 4) is 5.75 Å². The number of ether oxygens (including phenoxy) is 1. The molecule has 20 heavy (non-hydrogen) atoms. The number of benzene rings is 1. The molecule has 1 aromatic rings. The molecule has 3 atom stereocenters. The van der Waals surface area contributed by atoms with Crippen LogP contribution in [0.2, 0.25) is 0 Å². The Labute approximate surface area is 122 Å². The van der Waals surface area contributed by atoms with Crippen molar-refractivity contribution in [1.29, 1.82) is 0 Å². The van der Waals surface area contributed by atoms with E-state index in [1.165, 1.54) is 24.8 Å². The molecule has 0 heterocycles. The van der Waals surface area contributed by atoms with Gasteiger partial charge in [0.2, 0.25) is 0 Å². The summed E-state index contributed by atoms with van der Waals surface area (Å²) in [4.78, 5) is 0. The molecular weight excluding hydrogens is 246 g/mol. The van der Waals surface area contributed by atoms with E-state index in [-0.39, 0.29) is 0 Å². The second-order valence-corrected chi connectivity index (χ2v) is 7.70. The Morgan fingerprint density at radius 1 is 1.25 bits per heavy atom. The molecule has 2 saturated carbocycles. The highest BCUT2D eigenvalue weighted by molar-refractivity contribution is 5.59. The minimum absolute atomic E-state index is 0.363. The molecule has 2 aliphatic rings. The van der Waals surface area contributed by atoms with E-state index in [0.29, 0.717) is 16.9 Å². The Hall–Kier alpha value is -1.18. The molecule has 0 saturated heterocycles. The highest BCUT2D eigenvalue weighted by atomic mass is 16.5. The van der Waals surface area contributed by atoms with Gasteiger partial charge in [0.1, 0.15) is 5.75 Å². The van der Waals surface area contributed by atoms with Crippen molar-refractivity contribution in [1.82, 2.24) is 0 Å². The van der Waals surface area contributed by atoms with Gasteiger partial charge >= 0.3 is 0 Å². The number of aryl methyl sites for hydroxylation is 1. The lowest BCUT2D eigenvalue weighted by Gasteiger charge is -2.43. The first kappa shape index (κ1) is 13.8. The molecule has 0 amide bonds. The Morgan fingerprint density at radius 3 is 2.60 bits per heavy atom. The number of methoxy groups -OCH3 is 1. The molecule has 2 nitrogen and oxygen atoms in total. The first-order chi connectivity index (χ1) is 9.37. The van der Waals surface area contributed by atoms with Crippen LogP contribution in [-0.2, 0) is 0 Å². The standard InChI is InChI=1S/C18H27NO/c1-12-6-7-15(20-5)14(10-12)19-16-17(2,3)13-8-9-18(16,4)11-13/h6-7,10,13,16,19H,8-9,11H2,1-5H3. The van der Waals surface area contributed by atoms with Gasteiger partial charge in [0.25, 0.3) is 0 Å². The first-order valence-electron chi connectivity index (χ1n) is 7.78. The second-order valence-electron chi connectivity index (χ2n) is 7.70. The fourth-order valence-corrected chi connectivity index (χ4v) is 4.75. The summed E-state index contributed by atoms with van der Waals surface area (Å²) in [5.74, 6) is 1.82. The predicted molar refractivity (Wildman–Crippen MR) is 84.4 cm³/mol. The van der Waals surface area contributed by atoms with Crippen LogP contribution < -0.4 is 10.1 Å². The van der Waals surface area contributed by atoms with Crippen molar-refractivity contribution in [2.24, 2.45) is 16.7 Å². The topological polar surface area (TPSA) is 21.3 Å². The Morgan fingerprint density at radius 2 is 2.00 bits per heavy atom. The highest BCUT2D eigenvalue weighted by Gasteiger charge is 2.59. The van der Waals surface area contributed by atoms with Gasteiger partial charge in [-0.1, -0.05) is 26.8 Å². The fraction of sp³-hybridized carbons (Fsp3) is 0.667. The van der Waals surface area contributed by atoms with Crippen LogP contribution in [0.25, 0.3) is 0 Å². The van der Waals surface area contributed by atoms with E-state index in [1.54, 1.807) is 7.11 Å². The number of hydrogen-bond donors (Lipinski definition) is 1. The Kier molecular flexibility index (Phi) is 3.04. The SMILES string of the molecule is COc1ccc(C)cc1NC1C2(C)CCC(C2)C1(C)C. The smallest absolute Gasteiger partial charge is 0.141 e. The van der Waals surface area contributed by atoms with Gasteiger partial charge in [-0.2, -0.15) is 0 Å². The molecule has 3 rings (SSSR count). The molecule has 1 N–H and O–H groups in total. The molecule has 2 bridgehead atoms. The molecule has 0 aromatic heterocycles. The normalized spacial score (nSPS) is 34.2. The van der Waals surface area contributed by atoms with E-state index in [9.17, 15) is 0 Å². The zero-order valence-electron chi connectivity index (χ0n) is 13.4. The minimum Gasteiger partial charge on any atom is -0.495 e. The van der Waals surface area contributed by atoms with Crippen LogP contribution in [0.5, 0.6) is 5.75 Å². The van der Waals surface area contributed by atoms with Gasteiger partial charge in [-0.15, -0.1) is 0 Å². The molecule has 0 radical (unpaired) electrons. The Balaban J connectivity index is 1.93. The molecule has 0 aliphatic heterocycles. The monoisotopic (exact) mass is 273 g/mol. The second kappa shape index (κ2) is 4.41. The van der Waals surface area contributed by atoms with Crippen molar-refractivity contribution in [2.45, 2.75) is 53.0 Å². The number of anilines is 1. The molecular formula is C18H27NO. The van der Waals surface area contributed by atoms with Gasteiger partial charge in [0, 0.05) is 6.04 Å². The van der Waals surface area contributed by atoms with Crippen LogP contribution in [0.15, 0.2) is 18.2 Å². The third-order valence-electron chi connectivity index (χ3n) is 5.92. The van der Waals surface area contributed by atoms with Gasteiger partial charge in [0.05, 0.1) is 12.8 Å². The lowest BCUT2D eigenvalue weighted by molar-refractivity contribution is 0.155. The fourth-order valence-electron chi connectivity index (χ4n) is 4.75. The van der Waals surface area contributed by atoms with Crippen LogP contribution in [0.3, 0.4) is 0 Å². The van der Waals surface area contributed by atoms with Crippen LogP contribution in [0.4, 0.5) is 5.69 Å². The van der Waals surface area contributed by atoms with Crippen molar-refractivity contribution in [2.75, 3.05) is 12.4 Å². The van der Waals surface area contributed by atoms with Crippen molar-refractivity contribution in [3.63, 3.8) is 0 Å². The van der Waals surface area contributed by atoms with Crippen LogP contribution in [0.1, 0.15) is 45.6 Å². The van der Waals surface area contributed by atoms with E-state index in [0.717, 1.165) is 17.4 Å². The zero-order chi connectivity index (χ0) is 14.5. The summed E-state index contributed by atoms with van der Waals surface area (Å²) in [6, 6.07) is 6.92. The minimum atomic E-state index is 0.363. The van der Waals surface area contributed by atoms with Crippen LogP contribution >= 0.6 is 0 Å². The van der Waals surface area contributed by atoms with Crippen LogP contribution in [0, 0.1) is 23.7 Å². The Bertz CT molecular complexity index is 517. The van der Waals surface area contributed by atoms with E-state index in [1.807, 2.05) is 0 Å². The number of fused-ring (bicyclic) bond motifs is 2. The van der Waals surface area contributed by atoms with Gasteiger partial charge in [0.15, 0.2) is 0 Å². The van der Waals surface area contributed by atoms with Crippen molar-refractivity contribution >= 4 is 5.69 Å². The average Bonchev–Trinajstić information content (AvgIpc) is 2.86. The summed E-state index contributed by atoms with van der Waals surface area (Å²) >= 11 is 0. The van der Waals surface area contributed by atoms with E-state index >= 15 is 0 Å². The summed E-state index contributed by atoms with van der Waals surface area (Å²) < 4.78 is 5.53. The van der Waals surface area contributed by atoms with Gasteiger partial charge in [-0.25, -0.2) is 0 Å². The zero-order valence-corrected chi connectivity index (χ0v) is 13.4. The molecule has 2 heteroatoms.